The van der Waals surface area contributed by atoms with Crippen molar-refractivity contribution < 1.29 is 23.1 Å². The van der Waals surface area contributed by atoms with E-state index in [0.29, 0.717) is 15.4 Å². The van der Waals surface area contributed by atoms with Gasteiger partial charge in [-0.25, -0.2) is 13.2 Å². The topological polar surface area (TPSA) is 118 Å². The Morgan fingerprint density at radius 1 is 1.07 bits per heavy atom. The molecular formula is C17H11N3O5S4. The van der Waals surface area contributed by atoms with E-state index in [2.05, 4.69) is 14.3 Å². The van der Waals surface area contributed by atoms with Crippen LogP contribution in [-0.2, 0) is 10.0 Å². The third-order valence-electron chi connectivity index (χ3n) is 3.64. The van der Waals surface area contributed by atoms with Crippen LogP contribution in [0.5, 0.6) is 5.06 Å². The van der Waals surface area contributed by atoms with Gasteiger partial charge < -0.3 is 9.84 Å². The number of benzene rings is 1. The van der Waals surface area contributed by atoms with Gasteiger partial charge in [0, 0.05) is 10.3 Å². The van der Waals surface area contributed by atoms with Gasteiger partial charge >= 0.3 is 6.16 Å². The van der Waals surface area contributed by atoms with Crippen molar-refractivity contribution in [2.24, 2.45) is 0 Å². The number of nitrogens with zero attached hydrogens (tertiary/aromatic N) is 2. The summed E-state index contributed by atoms with van der Waals surface area (Å²) >= 11 is 3.25. The van der Waals surface area contributed by atoms with E-state index < -0.39 is 16.2 Å². The Labute approximate surface area is 177 Å². The van der Waals surface area contributed by atoms with Gasteiger partial charge in [0.15, 0.2) is 0 Å². The summed E-state index contributed by atoms with van der Waals surface area (Å²) in [6.07, 6.45) is -1.53. The van der Waals surface area contributed by atoms with Gasteiger partial charge in [-0.05, 0) is 35.3 Å². The van der Waals surface area contributed by atoms with Crippen LogP contribution in [0.1, 0.15) is 0 Å². The van der Waals surface area contributed by atoms with Gasteiger partial charge in [0.2, 0.25) is 5.06 Å². The zero-order chi connectivity index (χ0) is 20.4. The third kappa shape index (κ3) is 4.29. The minimum atomic E-state index is -3.95. The molecule has 0 unspecified atom stereocenters. The summed E-state index contributed by atoms with van der Waals surface area (Å²) in [7, 11) is -3.95. The summed E-state index contributed by atoms with van der Waals surface area (Å²) in [5, 5.41) is 14.6. The predicted octanol–water partition coefficient (Wildman–Crippen LogP) is 4.85. The molecule has 0 amide bonds. The van der Waals surface area contributed by atoms with Gasteiger partial charge in [-0.2, -0.15) is 0 Å². The van der Waals surface area contributed by atoms with E-state index in [1.807, 2.05) is 30.3 Å². The van der Waals surface area contributed by atoms with Crippen LogP contribution in [0.25, 0.3) is 21.0 Å². The normalized spacial score (nSPS) is 11.3. The molecule has 3 heterocycles. The highest BCUT2D eigenvalue weighted by Gasteiger charge is 2.23. The first-order valence-electron chi connectivity index (χ1n) is 7.92. The lowest BCUT2D eigenvalue weighted by Crippen LogP contribution is -2.12. The predicted molar refractivity (Wildman–Crippen MR) is 112 cm³/mol. The molecule has 0 saturated carbocycles. The van der Waals surface area contributed by atoms with E-state index in [-0.39, 0.29) is 15.0 Å². The Hall–Kier alpha value is -2.80. The molecule has 0 aliphatic rings. The third-order valence-corrected chi connectivity index (χ3v) is 8.17. The van der Waals surface area contributed by atoms with Crippen LogP contribution >= 0.6 is 34.2 Å². The van der Waals surface area contributed by atoms with Crippen LogP contribution in [0.3, 0.4) is 0 Å². The molecule has 0 aliphatic carbocycles. The van der Waals surface area contributed by atoms with Gasteiger partial charge in [0.1, 0.15) is 15.6 Å². The minimum Gasteiger partial charge on any atom is -0.449 e. The molecular weight excluding hydrogens is 454 g/mol. The molecule has 12 heteroatoms. The largest absolute Gasteiger partial charge is 0.512 e. The summed E-state index contributed by atoms with van der Waals surface area (Å²) in [4.78, 5) is 12.4. The van der Waals surface area contributed by atoms with Crippen LogP contribution < -0.4 is 9.46 Å². The zero-order valence-corrected chi connectivity index (χ0v) is 17.6. The number of hydrogen-bond acceptors (Lipinski definition) is 9. The Morgan fingerprint density at radius 2 is 1.86 bits per heavy atom. The molecule has 3 aromatic heterocycles. The molecule has 0 spiro atoms. The number of carboxylic acid groups (broad SMARTS) is 1. The highest BCUT2D eigenvalue weighted by Crippen LogP contribution is 2.42. The molecule has 148 valence electrons. The molecule has 0 bridgehead atoms. The van der Waals surface area contributed by atoms with Crippen LogP contribution in [0, 0.1) is 0 Å². The highest BCUT2D eigenvalue weighted by molar-refractivity contribution is 7.94. The molecule has 0 saturated heterocycles. The lowest BCUT2D eigenvalue weighted by atomic mass is 10.2. The van der Waals surface area contributed by atoms with Crippen molar-refractivity contribution in [1.29, 1.82) is 0 Å². The maximum absolute atomic E-state index is 12.8. The molecule has 0 radical (unpaired) electrons. The first-order valence-corrected chi connectivity index (χ1v) is 11.9. The van der Waals surface area contributed by atoms with Crippen molar-refractivity contribution in [3.05, 3.63) is 53.9 Å². The molecule has 2 N–H and O–H groups in total. The SMILES string of the molecule is O=C(O)Oc1sc(-c2ccccc2)cc1NS(=O)(=O)c1ccc(-c2csnn2)s1. The number of anilines is 1. The van der Waals surface area contributed by atoms with E-state index in [1.54, 1.807) is 17.5 Å². The highest BCUT2D eigenvalue weighted by atomic mass is 32.2. The minimum absolute atomic E-state index is 0.0552. The van der Waals surface area contributed by atoms with Crippen LogP contribution in [0.15, 0.2) is 58.1 Å². The Bertz CT molecular complexity index is 1250. The summed E-state index contributed by atoms with van der Waals surface area (Å²) < 4.78 is 36.7. The van der Waals surface area contributed by atoms with Gasteiger partial charge in [-0.3, -0.25) is 4.72 Å². The fourth-order valence-electron chi connectivity index (χ4n) is 2.41. The summed E-state index contributed by atoms with van der Waals surface area (Å²) in [5.74, 6) is 0. The Balaban J connectivity index is 1.67. The maximum atomic E-state index is 12.8. The van der Waals surface area contributed by atoms with Crippen molar-refractivity contribution >= 4 is 56.1 Å². The number of aromatic nitrogens is 2. The molecule has 29 heavy (non-hydrogen) atoms. The Kier molecular flexibility index (Phi) is 5.32. The standard InChI is InChI=1S/C17H11N3O5S4/c21-17(22)25-16-11(8-14(28-16)10-4-2-1-3-5-10)19-29(23,24)15-7-6-13(27-15)12-9-26-20-18-12/h1-9,19H,(H,21,22). The Morgan fingerprint density at radius 3 is 2.55 bits per heavy atom. The average molecular weight is 466 g/mol. The fourth-order valence-corrected chi connectivity index (χ4v) is 6.29. The first-order chi connectivity index (χ1) is 13.9. The van der Waals surface area contributed by atoms with E-state index in [9.17, 15) is 13.2 Å². The summed E-state index contributed by atoms with van der Waals surface area (Å²) in [6.45, 7) is 0. The van der Waals surface area contributed by atoms with E-state index in [1.165, 1.54) is 17.6 Å². The maximum Gasteiger partial charge on any atom is 0.512 e. The lowest BCUT2D eigenvalue weighted by molar-refractivity contribution is 0.146. The number of thiophene rings is 2. The van der Waals surface area contributed by atoms with Crippen molar-refractivity contribution in [3.63, 3.8) is 0 Å². The monoisotopic (exact) mass is 465 g/mol. The van der Waals surface area contributed by atoms with Crippen molar-refractivity contribution in [2.75, 3.05) is 4.72 Å². The van der Waals surface area contributed by atoms with Gasteiger partial charge in [-0.1, -0.05) is 46.2 Å². The number of nitrogens with one attached hydrogen (secondary N) is 1. The van der Waals surface area contributed by atoms with Crippen LogP contribution in [0.2, 0.25) is 0 Å². The number of sulfonamides is 1. The quantitative estimate of drug-likeness (QED) is 0.391. The fraction of sp³-hybridized carbons (Fsp3) is 0. The molecule has 0 atom stereocenters. The summed E-state index contributed by atoms with van der Waals surface area (Å²) in [5.41, 5.74) is 1.47. The lowest BCUT2D eigenvalue weighted by Gasteiger charge is -2.06. The second-order valence-corrected chi connectivity index (χ2v) is 10.2. The second-order valence-electron chi connectivity index (χ2n) is 5.56. The zero-order valence-electron chi connectivity index (χ0n) is 14.3. The smallest absolute Gasteiger partial charge is 0.449 e. The van der Waals surface area contributed by atoms with Gasteiger partial charge in [0.05, 0.1) is 4.88 Å². The van der Waals surface area contributed by atoms with Crippen LogP contribution in [-0.4, -0.2) is 29.3 Å². The van der Waals surface area contributed by atoms with E-state index in [0.717, 1.165) is 28.2 Å². The first kappa shape index (κ1) is 19.5. The molecule has 4 aromatic rings. The molecule has 8 nitrogen and oxygen atoms in total. The molecule has 4 rings (SSSR count). The second kappa shape index (κ2) is 7.91. The van der Waals surface area contributed by atoms with E-state index >= 15 is 0 Å². The van der Waals surface area contributed by atoms with Crippen LogP contribution in [0.4, 0.5) is 10.5 Å². The average Bonchev–Trinajstić information content (AvgIpc) is 3.43. The van der Waals surface area contributed by atoms with Crippen molar-refractivity contribution in [2.45, 2.75) is 4.21 Å². The molecule has 0 aliphatic heterocycles. The molecule has 1 aromatic carbocycles. The van der Waals surface area contributed by atoms with Crippen molar-refractivity contribution in [3.8, 4) is 26.1 Å². The van der Waals surface area contributed by atoms with Gasteiger partial charge in [0.25, 0.3) is 10.0 Å². The van der Waals surface area contributed by atoms with Gasteiger partial charge in [-0.15, -0.1) is 16.4 Å². The number of ether oxygens (including phenoxy) is 1. The van der Waals surface area contributed by atoms with Crippen molar-refractivity contribution in [1.82, 2.24) is 9.59 Å². The number of hydrogen-bond donors (Lipinski definition) is 2. The summed E-state index contributed by atoms with van der Waals surface area (Å²) in [6, 6.07) is 13.8. The van der Waals surface area contributed by atoms with E-state index in [4.69, 9.17) is 9.84 Å². The molecule has 0 fully saturated rings. The number of carbonyl (C=O) groups is 1. The number of rotatable bonds is 6.